The topological polar surface area (TPSA) is 51.9 Å². The Morgan fingerprint density at radius 1 is 1.08 bits per heavy atom. The van der Waals surface area contributed by atoms with E-state index in [4.69, 9.17) is 13.9 Å². The van der Waals surface area contributed by atoms with Crippen LogP contribution >= 0.6 is 0 Å². The van der Waals surface area contributed by atoms with Gasteiger partial charge >= 0.3 is 0 Å². The summed E-state index contributed by atoms with van der Waals surface area (Å²) in [4.78, 5) is 14.2. The normalized spacial score (nSPS) is 21.0. The number of benzene rings is 2. The molecular weight excluding hydrogens is 318 g/mol. The van der Waals surface area contributed by atoms with E-state index in [1.807, 2.05) is 61.2 Å². The Kier molecular flexibility index (Phi) is 4.09. The van der Waals surface area contributed by atoms with Crippen LogP contribution in [-0.2, 0) is 9.53 Å². The first-order valence-corrected chi connectivity index (χ1v) is 8.57. The summed E-state index contributed by atoms with van der Waals surface area (Å²) in [6.45, 7) is 5.21. The molecule has 5 nitrogen and oxygen atoms in total. The fraction of sp³-hybridized carbons (Fsp3) is 0.350. The lowest BCUT2D eigenvalue weighted by molar-refractivity contribution is -0.145. The standard InChI is InChI=1S/C20H21NO4/c1-13-10-21(11-14(2)24-13)20(22)12-23-15-7-8-19-17(9-15)16-5-3-4-6-18(16)25-19/h3-9,13-14H,10-12H2,1-2H3/t13-,14-/m1/s1. The summed E-state index contributed by atoms with van der Waals surface area (Å²) in [5.74, 6) is 0.654. The average Bonchev–Trinajstić information content (AvgIpc) is 2.97. The number of rotatable bonds is 3. The maximum Gasteiger partial charge on any atom is 0.260 e. The largest absolute Gasteiger partial charge is 0.484 e. The van der Waals surface area contributed by atoms with Crippen LogP contribution in [0.2, 0.25) is 0 Å². The van der Waals surface area contributed by atoms with E-state index in [1.54, 1.807) is 0 Å². The van der Waals surface area contributed by atoms with E-state index < -0.39 is 0 Å². The number of para-hydroxylation sites is 1. The van der Waals surface area contributed by atoms with Gasteiger partial charge in [-0.05, 0) is 38.1 Å². The number of amides is 1. The molecule has 3 aromatic rings. The summed E-state index contributed by atoms with van der Waals surface area (Å²) < 4.78 is 17.2. The number of hydrogen-bond acceptors (Lipinski definition) is 4. The maximum absolute atomic E-state index is 12.4. The SMILES string of the molecule is C[C@@H]1CN(C(=O)COc2ccc3oc4ccccc4c3c2)C[C@@H](C)O1. The van der Waals surface area contributed by atoms with E-state index in [-0.39, 0.29) is 24.7 Å². The molecule has 130 valence electrons. The van der Waals surface area contributed by atoms with E-state index in [1.165, 1.54) is 0 Å². The van der Waals surface area contributed by atoms with Gasteiger partial charge in [-0.3, -0.25) is 4.79 Å². The molecule has 0 unspecified atom stereocenters. The second kappa shape index (κ2) is 6.41. The number of fused-ring (bicyclic) bond motifs is 3. The number of carbonyl (C=O) groups is 1. The highest BCUT2D eigenvalue weighted by Crippen LogP contribution is 2.31. The van der Waals surface area contributed by atoms with Crippen LogP contribution in [0, 0.1) is 0 Å². The van der Waals surface area contributed by atoms with Crippen LogP contribution in [0.1, 0.15) is 13.8 Å². The Balaban J connectivity index is 1.49. The highest BCUT2D eigenvalue weighted by molar-refractivity contribution is 6.05. The first-order chi connectivity index (χ1) is 12.1. The summed E-state index contributed by atoms with van der Waals surface area (Å²) in [5, 5.41) is 2.04. The van der Waals surface area contributed by atoms with Gasteiger partial charge in [-0.2, -0.15) is 0 Å². The Bertz CT molecular complexity index is 906. The molecule has 0 N–H and O–H groups in total. The third kappa shape index (κ3) is 3.20. The molecule has 2 heterocycles. The Hall–Kier alpha value is -2.53. The van der Waals surface area contributed by atoms with Crippen molar-refractivity contribution in [3.05, 3.63) is 42.5 Å². The summed E-state index contributed by atoms with van der Waals surface area (Å²) >= 11 is 0. The van der Waals surface area contributed by atoms with E-state index in [9.17, 15) is 4.79 Å². The van der Waals surface area contributed by atoms with Crippen LogP contribution in [0.5, 0.6) is 5.75 Å². The van der Waals surface area contributed by atoms with Crippen molar-refractivity contribution in [2.24, 2.45) is 0 Å². The van der Waals surface area contributed by atoms with E-state index in [0.29, 0.717) is 18.8 Å². The molecule has 0 radical (unpaired) electrons. The minimum Gasteiger partial charge on any atom is -0.484 e. The zero-order valence-corrected chi connectivity index (χ0v) is 14.4. The van der Waals surface area contributed by atoms with Crippen LogP contribution in [0.15, 0.2) is 46.9 Å². The predicted molar refractivity (Wildman–Crippen MR) is 95.8 cm³/mol. The Morgan fingerprint density at radius 2 is 1.80 bits per heavy atom. The van der Waals surface area contributed by atoms with Crippen molar-refractivity contribution in [1.29, 1.82) is 0 Å². The molecule has 1 aliphatic rings. The lowest BCUT2D eigenvalue weighted by Gasteiger charge is -2.35. The minimum absolute atomic E-state index is 0.0147. The maximum atomic E-state index is 12.4. The molecule has 1 aliphatic heterocycles. The van der Waals surface area contributed by atoms with E-state index in [2.05, 4.69) is 0 Å². The number of carbonyl (C=O) groups excluding carboxylic acids is 1. The van der Waals surface area contributed by atoms with Gasteiger partial charge < -0.3 is 18.8 Å². The van der Waals surface area contributed by atoms with Crippen molar-refractivity contribution in [3.63, 3.8) is 0 Å². The smallest absolute Gasteiger partial charge is 0.260 e. The summed E-state index contributed by atoms with van der Waals surface area (Å²) in [7, 11) is 0. The molecule has 1 amide bonds. The van der Waals surface area contributed by atoms with Crippen LogP contribution < -0.4 is 4.74 Å². The van der Waals surface area contributed by atoms with Crippen molar-refractivity contribution in [2.75, 3.05) is 19.7 Å². The van der Waals surface area contributed by atoms with Gasteiger partial charge in [0, 0.05) is 23.9 Å². The van der Waals surface area contributed by atoms with Crippen molar-refractivity contribution < 1.29 is 18.7 Å². The van der Waals surface area contributed by atoms with Gasteiger partial charge in [0.2, 0.25) is 0 Å². The van der Waals surface area contributed by atoms with Crippen LogP contribution in [0.3, 0.4) is 0 Å². The first kappa shape index (κ1) is 16.0. The second-order valence-corrected chi connectivity index (χ2v) is 6.60. The van der Waals surface area contributed by atoms with Gasteiger partial charge in [-0.25, -0.2) is 0 Å². The highest BCUT2D eigenvalue weighted by atomic mass is 16.5. The summed E-state index contributed by atoms with van der Waals surface area (Å²) in [6.07, 6.45) is 0.114. The third-order valence-corrected chi connectivity index (χ3v) is 4.48. The van der Waals surface area contributed by atoms with Crippen LogP contribution in [-0.4, -0.2) is 42.7 Å². The molecule has 0 aliphatic carbocycles. The lowest BCUT2D eigenvalue weighted by Crippen LogP contribution is -2.49. The molecule has 4 rings (SSSR count). The number of ether oxygens (including phenoxy) is 2. The zero-order chi connectivity index (χ0) is 17.4. The monoisotopic (exact) mass is 339 g/mol. The highest BCUT2D eigenvalue weighted by Gasteiger charge is 2.26. The van der Waals surface area contributed by atoms with Gasteiger partial charge in [0.1, 0.15) is 16.9 Å². The van der Waals surface area contributed by atoms with Crippen LogP contribution in [0.25, 0.3) is 21.9 Å². The minimum atomic E-state index is -0.0147. The molecule has 1 aromatic heterocycles. The van der Waals surface area contributed by atoms with Gasteiger partial charge in [-0.15, -0.1) is 0 Å². The van der Waals surface area contributed by atoms with E-state index >= 15 is 0 Å². The predicted octanol–water partition coefficient (Wildman–Crippen LogP) is 3.60. The number of hydrogen-bond donors (Lipinski definition) is 0. The molecule has 0 saturated carbocycles. The number of morpholine rings is 1. The molecule has 1 fully saturated rings. The van der Waals surface area contributed by atoms with Gasteiger partial charge in [-0.1, -0.05) is 18.2 Å². The summed E-state index contributed by atoms with van der Waals surface area (Å²) in [6, 6.07) is 13.5. The van der Waals surface area contributed by atoms with Crippen molar-refractivity contribution in [2.45, 2.75) is 26.1 Å². The molecule has 0 bridgehead atoms. The van der Waals surface area contributed by atoms with E-state index in [0.717, 1.165) is 21.9 Å². The molecule has 1 saturated heterocycles. The number of nitrogens with zero attached hydrogens (tertiary/aromatic N) is 1. The van der Waals surface area contributed by atoms with Crippen molar-refractivity contribution in [1.82, 2.24) is 4.90 Å². The number of furan rings is 1. The van der Waals surface area contributed by atoms with Crippen LogP contribution in [0.4, 0.5) is 0 Å². The van der Waals surface area contributed by atoms with Gasteiger partial charge in [0.25, 0.3) is 5.91 Å². The second-order valence-electron chi connectivity index (χ2n) is 6.60. The van der Waals surface area contributed by atoms with Crippen molar-refractivity contribution >= 4 is 27.8 Å². The first-order valence-electron chi connectivity index (χ1n) is 8.57. The zero-order valence-electron chi connectivity index (χ0n) is 14.4. The third-order valence-electron chi connectivity index (χ3n) is 4.48. The molecule has 0 spiro atoms. The van der Waals surface area contributed by atoms with Crippen molar-refractivity contribution in [3.8, 4) is 5.75 Å². The molecular formula is C20H21NO4. The fourth-order valence-electron chi connectivity index (χ4n) is 3.41. The lowest BCUT2D eigenvalue weighted by atomic mass is 10.1. The Labute approximate surface area is 146 Å². The Morgan fingerprint density at radius 3 is 2.60 bits per heavy atom. The van der Waals surface area contributed by atoms with Gasteiger partial charge in [0.15, 0.2) is 6.61 Å². The van der Waals surface area contributed by atoms with Gasteiger partial charge in [0.05, 0.1) is 12.2 Å². The molecule has 2 aromatic carbocycles. The average molecular weight is 339 g/mol. The summed E-state index contributed by atoms with van der Waals surface area (Å²) in [5.41, 5.74) is 1.66. The molecule has 2 atom stereocenters. The quantitative estimate of drug-likeness (QED) is 0.732. The molecule has 5 heteroatoms. The fourth-order valence-corrected chi connectivity index (χ4v) is 3.41. The molecule has 25 heavy (non-hydrogen) atoms.